The molecule has 0 spiro atoms. The van der Waals surface area contributed by atoms with Crippen molar-refractivity contribution < 1.29 is 4.42 Å². The Bertz CT molecular complexity index is 702. The minimum absolute atomic E-state index is 0.230. The van der Waals surface area contributed by atoms with Crippen LogP contribution >= 0.6 is 0 Å². The van der Waals surface area contributed by atoms with Gasteiger partial charge in [-0.05, 0) is 18.9 Å². The molecule has 0 aliphatic heterocycles. The summed E-state index contributed by atoms with van der Waals surface area (Å²) in [5, 5.41) is 0. The van der Waals surface area contributed by atoms with Crippen molar-refractivity contribution in [1.29, 1.82) is 0 Å². The van der Waals surface area contributed by atoms with Gasteiger partial charge in [0.2, 0.25) is 5.89 Å². The Hall–Kier alpha value is -2.39. The number of rotatable bonds is 4. The van der Waals surface area contributed by atoms with Crippen LogP contribution in [-0.2, 0) is 6.42 Å². The van der Waals surface area contributed by atoms with Crippen molar-refractivity contribution in [3.63, 3.8) is 0 Å². The second-order valence-electron chi connectivity index (χ2n) is 5.22. The summed E-state index contributed by atoms with van der Waals surface area (Å²) >= 11 is 0. The third-order valence-electron chi connectivity index (χ3n) is 3.48. The number of aryl methyl sites for hydroxylation is 1. The smallest absolute Gasteiger partial charge is 0.212 e. The van der Waals surface area contributed by atoms with E-state index in [0.717, 1.165) is 11.3 Å². The van der Waals surface area contributed by atoms with Crippen LogP contribution in [0.2, 0.25) is 0 Å². The van der Waals surface area contributed by atoms with E-state index in [1.54, 1.807) is 6.20 Å². The summed E-state index contributed by atoms with van der Waals surface area (Å²) in [6, 6.07) is 18.1. The van der Waals surface area contributed by atoms with Gasteiger partial charge in [0.15, 0.2) is 5.76 Å². The summed E-state index contributed by atoms with van der Waals surface area (Å²) in [6.07, 6.45) is 2.46. The molecule has 21 heavy (non-hydrogen) atoms. The van der Waals surface area contributed by atoms with Gasteiger partial charge < -0.3 is 10.2 Å². The van der Waals surface area contributed by atoms with Crippen LogP contribution in [0.4, 0.5) is 0 Å². The number of hydrogen-bond donors (Lipinski definition) is 1. The molecule has 3 nitrogen and oxygen atoms in total. The molecule has 1 unspecified atom stereocenters. The fourth-order valence-electron chi connectivity index (χ4n) is 2.27. The number of benzene rings is 2. The van der Waals surface area contributed by atoms with Crippen LogP contribution < -0.4 is 5.73 Å². The summed E-state index contributed by atoms with van der Waals surface area (Å²) in [7, 11) is 0. The fourth-order valence-corrected chi connectivity index (χ4v) is 2.27. The molecule has 0 aliphatic rings. The average molecular weight is 278 g/mol. The highest BCUT2D eigenvalue weighted by molar-refractivity contribution is 5.56. The van der Waals surface area contributed by atoms with Gasteiger partial charge in [0, 0.05) is 5.56 Å². The molecule has 0 radical (unpaired) electrons. The molecule has 0 fully saturated rings. The highest BCUT2D eigenvalue weighted by atomic mass is 16.4. The second kappa shape index (κ2) is 5.94. The van der Waals surface area contributed by atoms with E-state index in [1.807, 2.05) is 30.3 Å². The topological polar surface area (TPSA) is 52.0 Å². The number of nitrogens with two attached hydrogens (primary N) is 1. The van der Waals surface area contributed by atoms with Crippen molar-refractivity contribution in [2.75, 3.05) is 0 Å². The Morgan fingerprint density at radius 2 is 1.76 bits per heavy atom. The lowest BCUT2D eigenvalue weighted by molar-refractivity contribution is 0.457. The van der Waals surface area contributed by atoms with Crippen LogP contribution in [0.5, 0.6) is 0 Å². The predicted octanol–water partition coefficient (Wildman–Crippen LogP) is 3.89. The van der Waals surface area contributed by atoms with Gasteiger partial charge in [0.25, 0.3) is 0 Å². The molecule has 3 aromatic rings. The van der Waals surface area contributed by atoms with E-state index in [9.17, 15) is 0 Å². The highest BCUT2D eigenvalue weighted by Gasteiger charge is 2.14. The molecule has 0 aliphatic carbocycles. The standard InChI is InChI=1S/C18H18N2O/c1-13-7-9-15(10-8-13)17-12-20-18(21-17)16(19)11-14-5-3-2-4-6-14/h2-10,12,16H,11,19H2,1H3. The normalized spacial score (nSPS) is 12.3. The minimum Gasteiger partial charge on any atom is -0.439 e. The molecule has 0 saturated carbocycles. The van der Waals surface area contributed by atoms with E-state index in [2.05, 4.69) is 36.2 Å². The predicted molar refractivity (Wildman–Crippen MR) is 83.8 cm³/mol. The van der Waals surface area contributed by atoms with E-state index in [-0.39, 0.29) is 6.04 Å². The van der Waals surface area contributed by atoms with E-state index < -0.39 is 0 Å². The number of oxazole rings is 1. The van der Waals surface area contributed by atoms with Gasteiger partial charge in [-0.1, -0.05) is 60.2 Å². The first-order chi connectivity index (χ1) is 10.2. The monoisotopic (exact) mass is 278 g/mol. The third kappa shape index (κ3) is 3.20. The second-order valence-corrected chi connectivity index (χ2v) is 5.22. The van der Waals surface area contributed by atoms with Crippen LogP contribution in [0, 0.1) is 6.92 Å². The zero-order valence-electron chi connectivity index (χ0n) is 12.0. The molecule has 2 N–H and O–H groups in total. The van der Waals surface area contributed by atoms with Crippen molar-refractivity contribution in [3.8, 4) is 11.3 Å². The Kier molecular flexibility index (Phi) is 3.84. The SMILES string of the molecule is Cc1ccc(-c2cnc(C(N)Cc3ccccc3)o2)cc1. The quantitative estimate of drug-likeness (QED) is 0.787. The molecule has 2 aromatic carbocycles. The number of hydrogen-bond acceptors (Lipinski definition) is 3. The van der Waals surface area contributed by atoms with Crippen LogP contribution in [0.3, 0.4) is 0 Å². The van der Waals surface area contributed by atoms with Gasteiger partial charge in [0.05, 0.1) is 12.2 Å². The Morgan fingerprint density at radius 1 is 1.05 bits per heavy atom. The van der Waals surface area contributed by atoms with Crippen LogP contribution in [-0.4, -0.2) is 4.98 Å². The maximum absolute atomic E-state index is 6.19. The zero-order chi connectivity index (χ0) is 14.7. The Balaban J connectivity index is 1.76. The first-order valence-corrected chi connectivity index (χ1v) is 7.04. The molecule has 3 rings (SSSR count). The van der Waals surface area contributed by atoms with Crippen molar-refractivity contribution in [1.82, 2.24) is 4.98 Å². The zero-order valence-corrected chi connectivity index (χ0v) is 12.0. The number of nitrogens with zero attached hydrogens (tertiary/aromatic N) is 1. The summed E-state index contributed by atoms with van der Waals surface area (Å²) in [5.74, 6) is 1.34. The summed E-state index contributed by atoms with van der Waals surface area (Å²) in [5.41, 5.74) is 9.61. The molecule has 0 amide bonds. The molecule has 0 bridgehead atoms. The van der Waals surface area contributed by atoms with Gasteiger partial charge in [-0.25, -0.2) is 4.98 Å². The first kappa shape index (κ1) is 13.6. The minimum atomic E-state index is -0.230. The molecule has 3 heteroatoms. The highest BCUT2D eigenvalue weighted by Crippen LogP contribution is 2.24. The Morgan fingerprint density at radius 3 is 2.48 bits per heavy atom. The van der Waals surface area contributed by atoms with Crippen molar-refractivity contribution in [3.05, 3.63) is 77.8 Å². The molecule has 1 aromatic heterocycles. The lowest BCUT2D eigenvalue weighted by Crippen LogP contribution is -2.13. The van der Waals surface area contributed by atoms with Crippen LogP contribution in [0.1, 0.15) is 23.1 Å². The maximum Gasteiger partial charge on any atom is 0.212 e. The first-order valence-electron chi connectivity index (χ1n) is 7.04. The van der Waals surface area contributed by atoms with E-state index >= 15 is 0 Å². The maximum atomic E-state index is 6.19. The van der Waals surface area contributed by atoms with E-state index in [0.29, 0.717) is 12.3 Å². The Labute approximate surface area is 124 Å². The van der Waals surface area contributed by atoms with Gasteiger partial charge >= 0.3 is 0 Å². The molecule has 1 heterocycles. The lowest BCUT2D eigenvalue weighted by Gasteiger charge is -2.07. The van der Waals surface area contributed by atoms with Gasteiger partial charge in [-0.15, -0.1) is 0 Å². The molecular formula is C18H18N2O. The number of aromatic nitrogens is 1. The van der Waals surface area contributed by atoms with E-state index in [1.165, 1.54) is 11.1 Å². The molecule has 1 atom stereocenters. The third-order valence-corrected chi connectivity index (χ3v) is 3.48. The van der Waals surface area contributed by atoms with Crippen molar-refractivity contribution in [2.45, 2.75) is 19.4 Å². The molecular weight excluding hydrogens is 260 g/mol. The fraction of sp³-hybridized carbons (Fsp3) is 0.167. The van der Waals surface area contributed by atoms with Crippen LogP contribution in [0.25, 0.3) is 11.3 Å². The molecule has 106 valence electrons. The largest absolute Gasteiger partial charge is 0.439 e. The summed E-state index contributed by atoms with van der Waals surface area (Å²) < 4.78 is 5.81. The lowest BCUT2D eigenvalue weighted by atomic mass is 10.1. The van der Waals surface area contributed by atoms with Gasteiger partial charge in [-0.2, -0.15) is 0 Å². The van der Waals surface area contributed by atoms with E-state index in [4.69, 9.17) is 10.2 Å². The average Bonchev–Trinajstić information content (AvgIpc) is 2.99. The van der Waals surface area contributed by atoms with Crippen molar-refractivity contribution in [2.24, 2.45) is 5.73 Å². The van der Waals surface area contributed by atoms with Gasteiger partial charge in [-0.3, -0.25) is 0 Å². The van der Waals surface area contributed by atoms with Crippen LogP contribution in [0.15, 0.2) is 65.2 Å². The molecule has 0 saturated heterocycles. The summed E-state index contributed by atoms with van der Waals surface area (Å²) in [6.45, 7) is 2.06. The van der Waals surface area contributed by atoms with Crippen molar-refractivity contribution >= 4 is 0 Å². The summed E-state index contributed by atoms with van der Waals surface area (Å²) in [4.78, 5) is 4.32. The van der Waals surface area contributed by atoms with Gasteiger partial charge in [0.1, 0.15) is 0 Å².